The maximum Gasteiger partial charge on any atom is 0.416 e. The third-order valence-electron chi connectivity index (χ3n) is 5.89. The van der Waals surface area contributed by atoms with Gasteiger partial charge in [-0.1, -0.05) is 24.8 Å². The maximum absolute atomic E-state index is 13.3. The van der Waals surface area contributed by atoms with E-state index in [-0.39, 0.29) is 52.8 Å². The fraction of sp³-hybridized carbons (Fsp3) is 0.250. The van der Waals surface area contributed by atoms with E-state index < -0.39 is 29.4 Å². The molecule has 0 bridgehead atoms. The summed E-state index contributed by atoms with van der Waals surface area (Å²) < 4.78 is 84.6. The van der Waals surface area contributed by atoms with Crippen LogP contribution in [-0.4, -0.2) is 18.2 Å². The summed E-state index contributed by atoms with van der Waals surface area (Å²) in [7, 11) is 0. The lowest BCUT2D eigenvalue weighted by Crippen LogP contribution is -2.15. The number of hydrogen-bond donors (Lipinski definition) is 1. The van der Waals surface area contributed by atoms with E-state index in [2.05, 4.69) is 11.6 Å². The average molecular weight is 480 g/mol. The standard InChI is InChI=1S/C24H18F6N2O2/c1-12-2-3-17-19(9-18(22(31)33)13-4-5-34-11-13)20(17)10-32-21(12)14-6-15(23(25,26)27)8-16(7-14)24(28,29)30/h2-9,11,17,19-20H,1,10H2,(H2,31,33)/b3-2?,18-9+,32-21?. The van der Waals surface area contributed by atoms with Crippen LogP contribution >= 0.6 is 0 Å². The summed E-state index contributed by atoms with van der Waals surface area (Å²) in [5.41, 5.74) is 3.22. The molecule has 2 aliphatic rings. The molecule has 1 aromatic heterocycles. The van der Waals surface area contributed by atoms with Crippen molar-refractivity contribution in [1.29, 1.82) is 0 Å². The van der Waals surface area contributed by atoms with Gasteiger partial charge in [0.1, 0.15) is 0 Å². The van der Waals surface area contributed by atoms with Crippen LogP contribution < -0.4 is 5.73 Å². The summed E-state index contributed by atoms with van der Waals surface area (Å²) >= 11 is 0. The van der Waals surface area contributed by atoms with E-state index in [0.29, 0.717) is 17.7 Å². The quantitative estimate of drug-likeness (QED) is 0.453. The minimum absolute atomic E-state index is 0.0319. The SMILES string of the molecule is C=C1C=CC2C(/C=C(/C(N)=O)c3ccoc3)C2CN=C1c1cc(C(F)(F)F)cc(C(F)(F)F)c1. The van der Waals surface area contributed by atoms with Gasteiger partial charge in [0.05, 0.1) is 29.4 Å². The molecule has 3 unspecified atom stereocenters. The van der Waals surface area contributed by atoms with E-state index in [4.69, 9.17) is 10.2 Å². The Labute approximate surface area is 190 Å². The van der Waals surface area contributed by atoms with Gasteiger partial charge < -0.3 is 10.2 Å². The number of aliphatic imine (C=N–C) groups is 1. The Kier molecular flexibility index (Phi) is 5.79. The Morgan fingerprint density at radius 1 is 1.12 bits per heavy atom. The number of carbonyl (C=O) groups is 1. The number of benzene rings is 1. The predicted molar refractivity (Wildman–Crippen MR) is 112 cm³/mol. The second-order valence-corrected chi connectivity index (χ2v) is 8.14. The molecule has 1 aromatic carbocycles. The molecule has 1 saturated carbocycles. The molecule has 1 aliphatic heterocycles. The zero-order valence-electron chi connectivity index (χ0n) is 17.5. The van der Waals surface area contributed by atoms with Crippen LogP contribution in [-0.2, 0) is 17.1 Å². The summed E-state index contributed by atoms with van der Waals surface area (Å²) in [6.45, 7) is 3.91. The van der Waals surface area contributed by atoms with Gasteiger partial charge in [0, 0.05) is 23.2 Å². The Morgan fingerprint density at radius 3 is 2.29 bits per heavy atom. The number of alkyl halides is 6. The maximum atomic E-state index is 13.3. The molecule has 2 N–H and O–H groups in total. The van der Waals surface area contributed by atoms with E-state index in [1.165, 1.54) is 18.6 Å². The fourth-order valence-corrected chi connectivity index (χ4v) is 4.08. The van der Waals surface area contributed by atoms with E-state index in [1.54, 1.807) is 18.2 Å². The van der Waals surface area contributed by atoms with Crippen molar-refractivity contribution in [3.8, 4) is 0 Å². The van der Waals surface area contributed by atoms with Crippen LogP contribution in [0.4, 0.5) is 26.3 Å². The molecule has 0 radical (unpaired) electrons. The molecule has 3 atom stereocenters. The highest BCUT2D eigenvalue weighted by Crippen LogP contribution is 2.50. The first kappa shape index (κ1) is 23.6. The predicted octanol–water partition coefficient (Wildman–Crippen LogP) is 5.66. The summed E-state index contributed by atoms with van der Waals surface area (Å²) in [4.78, 5) is 16.2. The van der Waals surface area contributed by atoms with Crippen LogP contribution in [0.15, 0.2) is 76.6 Å². The van der Waals surface area contributed by atoms with Gasteiger partial charge in [0.25, 0.3) is 0 Å². The van der Waals surface area contributed by atoms with Crippen molar-refractivity contribution in [3.05, 3.63) is 89.4 Å². The number of nitrogens with two attached hydrogens (primary N) is 1. The summed E-state index contributed by atoms with van der Waals surface area (Å²) in [5, 5.41) is 0. The molecule has 10 heteroatoms. The summed E-state index contributed by atoms with van der Waals surface area (Å²) in [6.07, 6.45) is -2.17. The number of amides is 1. The number of hydrogen-bond acceptors (Lipinski definition) is 3. The zero-order chi connectivity index (χ0) is 24.8. The number of allylic oxidation sites excluding steroid dienone is 4. The number of halogens is 6. The molecule has 1 aliphatic carbocycles. The van der Waals surface area contributed by atoms with Gasteiger partial charge in [-0.3, -0.25) is 9.79 Å². The van der Waals surface area contributed by atoms with Gasteiger partial charge in [0.2, 0.25) is 5.91 Å². The molecule has 4 rings (SSSR count). The van der Waals surface area contributed by atoms with Crippen molar-refractivity contribution < 1.29 is 35.6 Å². The minimum Gasteiger partial charge on any atom is -0.472 e. The van der Waals surface area contributed by atoms with E-state index in [0.717, 1.165) is 0 Å². The van der Waals surface area contributed by atoms with Gasteiger partial charge in [-0.2, -0.15) is 26.3 Å². The van der Waals surface area contributed by atoms with Crippen molar-refractivity contribution in [1.82, 2.24) is 0 Å². The van der Waals surface area contributed by atoms with Crippen molar-refractivity contribution in [2.75, 3.05) is 6.54 Å². The average Bonchev–Trinajstić information content (AvgIpc) is 3.09. The Morgan fingerprint density at radius 2 is 1.76 bits per heavy atom. The van der Waals surface area contributed by atoms with E-state index in [9.17, 15) is 31.1 Å². The second kappa shape index (κ2) is 8.34. The third-order valence-corrected chi connectivity index (χ3v) is 5.89. The summed E-state index contributed by atoms with van der Waals surface area (Å²) in [5.74, 6) is -0.928. The molecule has 1 fully saturated rings. The van der Waals surface area contributed by atoms with Crippen LogP contribution in [0, 0.1) is 17.8 Å². The molecule has 34 heavy (non-hydrogen) atoms. The first-order chi connectivity index (χ1) is 15.9. The number of furan rings is 1. The highest BCUT2D eigenvalue weighted by atomic mass is 19.4. The molecule has 178 valence electrons. The van der Waals surface area contributed by atoms with Crippen molar-refractivity contribution in [2.45, 2.75) is 12.4 Å². The monoisotopic (exact) mass is 480 g/mol. The Bertz CT molecular complexity index is 1190. The highest BCUT2D eigenvalue weighted by Gasteiger charge is 2.47. The van der Waals surface area contributed by atoms with E-state index in [1.807, 2.05) is 0 Å². The molecule has 2 heterocycles. The lowest BCUT2D eigenvalue weighted by atomic mass is 9.96. The number of carbonyl (C=O) groups excluding carboxylic acids is 1. The number of fused-ring (bicyclic) bond motifs is 1. The lowest BCUT2D eigenvalue weighted by Gasteiger charge is -2.16. The number of nitrogens with zero attached hydrogens (tertiary/aromatic N) is 1. The molecule has 2 aromatic rings. The number of primary amides is 1. The minimum atomic E-state index is -4.97. The van der Waals surface area contributed by atoms with Gasteiger partial charge in [-0.25, -0.2) is 0 Å². The van der Waals surface area contributed by atoms with Crippen molar-refractivity contribution in [2.24, 2.45) is 28.5 Å². The van der Waals surface area contributed by atoms with Crippen LogP contribution in [0.2, 0.25) is 0 Å². The topological polar surface area (TPSA) is 68.6 Å². The van der Waals surface area contributed by atoms with Crippen LogP contribution in [0.1, 0.15) is 22.3 Å². The van der Waals surface area contributed by atoms with Crippen molar-refractivity contribution in [3.63, 3.8) is 0 Å². The first-order valence-corrected chi connectivity index (χ1v) is 10.1. The molecular weight excluding hydrogens is 462 g/mol. The van der Waals surface area contributed by atoms with Crippen LogP contribution in [0.25, 0.3) is 5.57 Å². The van der Waals surface area contributed by atoms with Crippen LogP contribution in [0.5, 0.6) is 0 Å². The highest BCUT2D eigenvalue weighted by molar-refractivity contribution is 6.18. The second-order valence-electron chi connectivity index (χ2n) is 8.14. The lowest BCUT2D eigenvalue weighted by molar-refractivity contribution is -0.143. The zero-order valence-corrected chi connectivity index (χ0v) is 17.5. The molecule has 1 amide bonds. The fourth-order valence-electron chi connectivity index (χ4n) is 4.08. The van der Waals surface area contributed by atoms with E-state index >= 15 is 0 Å². The van der Waals surface area contributed by atoms with Crippen LogP contribution in [0.3, 0.4) is 0 Å². The number of rotatable bonds is 4. The smallest absolute Gasteiger partial charge is 0.416 e. The molecule has 0 spiro atoms. The first-order valence-electron chi connectivity index (χ1n) is 10.1. The molecule has 0 saturated heterocycles. The van der Waals surface area contributed by atoms with Gasteiger partial charge in [-0.15, -0.1) is 0 Å². The van der Waals surface area contributed by atoms with Crippen molar-refractivity contribution >= 4 is 17.2 Å². The molecule has 4 nitrogen and oxygen atoms in total. The largest absolute Gasteiger partial charge is 0.472 e. The molecular formula is C24H18F6N2O2. The normalized spacial score (nSPS) is 23.1. The Balaban J connectivity index is 1.68. The van der Waals surface area contributed by atoms with Gasteiger partial charge >= 0.3 is 12.4 Å². The van der Waals surface area contributed by atoms with Gasteiger partial charge in [0.15, 0.2) is 0 Å². The van der Waals surface area contributed by atoms with Gasteiger partial charge in [-0.05, 0) is 47.6 Å². The summed E-state index contributed by atoms with van der Waals surface area (Å²) in [6, 6.07) is 2.94. The third kappa shape index (κ3) is 4.71. The Hall–Kier alpha value is -3.56.